The first-order valence-electron chi connectivity index (χ1n) is 11.0. The van der Waals surface area contributed by atoms with E-state index in [0.29, 0.717) is 25.6 Å². The number of hydrogen-bond donors (Lipinski definition) is 1. The highest BCUT2D eigenvalue weighted by Gasteiger charge is 2.31. The minimum atomic E-state index is -3.78. The Morgan fingerprint density at radius 1 is 1.13 bits per heavy atom. The molecular weight excluding hydrogens is 420 g/mol. The Labute approximate surface area is 184 Å². The van der Waals surface area contributed by atoms with E-state index >= 15 is 0 Å². The van der Waals surface area contributed by atoms with Gasteiger partial charge in [0.1, 0.15) is 10.6 Å². The molecule has 1 amide bonds. The van der Waals surface area contributed by atoms with Gasteiger partial charge in [0, 0.05) is 19.6 Å². The lowest BCUT2D eigenvalue weighted by Gasteiger charge is -2.22. The molecule has 0 unspecified atom stereocenters. The molecule has 8 nitrogen and oxygen atoms in total. The largest absolute Gasteiger partial charge is 0.495 e. The van der Waals surface area contributed by atoms with Crippen molar-refractivity contribution in [1.82, 2.24) is 9.62 Å². The standard InChI is InChI=1S/C22H32N2O6S/c1-16(21(25)23-15-17-8-4-3-5-9-17)30-22(26)18-10-11-19(29-2)20(14-18)31(27,28)24-12-6-7-13-24/h10-11,14,16-17H,3-9,12-13,15H2,1-2H3,(H,23,25)/t16-/m0/s1. The van der Waals surface area contributed by atoms with E-state index in [1.54, 1.807) is 0 Å². The van der Waals surface area contributed by atoms with Gasteiger partial charge in [-0.1, -0.05) is 19.3 Å². The van der Waals surface area contributed by atoms with E-state index in [1.165, 1.54) is 55.8 Å². The number of carbonyl (C=O) groups excluding carboxylic acids is 2. The fourth-order valence-electron chi connectivity index (χ4n) is 4.13. The first-order valence-corrected chi connectivity index (χ1v) is 12.4. The molecule has 1 heterocycles. The number of nitrogens with one attached hydrogen (secondary N) is 1. The van der Waals surface area contributed by atoms with Crippen LogP contribution in [0.5, 0.6) is 5.75 Å². The summed E-state index contributed by atoms with van der Waals surface area (Å²) in [7, 11) is -2.40. The quantitative estimate of drug-likeness (QED) is 0.609. The van der Waals surface area contributed by atoms with Gasteiger partial charge in [0.25, 0.3) is 5.91 Å². The molecule has 1 saturated heterocycles. The van der Waals surface area contributed by atoms with Gasteiger partial charge >= 0.3 is 5.97 Å². The Bertz CT molecular complexity index is 889. The smallest absolute Gasteiger partial charge is 0.338 e. The average molecular weight is 453 g/mol. The lowest BCUT2D eigenvalue weighted by molar-refractivity contribution is -0.129. The van der Waals surface area contributed by atoms with Crippen molar-refractivity contribution in [2.45, 2.75) is 62.9 Å². The molecule has 1 saturated carbocycles. The number of hydrogen-bond acceptors (Lipinski definition) is 6. The molecule has 1 aliphatic heterocycles. The summed E-state index contributed by atoms with van der Waals surface area (Å²) in [6.45, 7) is 2.98. The van der Waals surface area contributed by atoms with Crippen molar-refractivity contribution in [3.63, 3.8) is 0 Å². The highest BCUT2D eigenvalue weighted by atomic mass is 32.2. The number of sulfonamides is 1. The third-order valence-corrected chi connectivity index (χ3v) is 7.94. The van der Waals surface area contributed by atoms with Crippen molar-refractivity contribution in [2.24, 2.45) is 5.92 Å². The van der Waals surface area contributed by atoms with Crippen molar-refractivity contribution in [1.29, 1.82) is 0 Å². The third-order valence-electron chi connectivity index (χ3n) is 6.02. The molecule has 1 aromatic carbocycles. The topological polar surface area (TPSA) is 102 Å². The van der Waals surface area contributed by atoms with Gasteiger partial charge in [0.2, 0.25) is 10.0 Å². The minimum absolute atomic E-state index is 0.0607. The van der Waals surface area contributed by atoms with E-state index in [-0.39, 0.29) is 22.1 Å². The van der Waals surface area contributed by atoms with E-state index in [0.717, 1.165) is 25.7 Å². The molecule has 172 valence electrons. The van der Waals surface area contributed by atoms with Gasteiger partial charge in [0.15, 0.2) is 6.10 Å². The van der Waals surface area contributed by atoms with Crippen LogP contribution < -0.4 is 10.1 Å². The molecule has 9 heteroatoms. The highest BCUT2D eigenvalue weighted by molar-refractivity contribution is 7.89. The van der Waals surface area contributed by atoms with Crippen LogP contribution in [0.2, 0.25) is 0 Å². The van der Waals surface area contributed by atoms with Crippen LogP contribution >= 0.6 is 0 Å². The summed E-state index contributed by atoms with van der Waals surface area (Å²) < 4.78 is 37.9. The Hall–Kier alpha value is -2.13. The molecule has 31 heavy (non-hydrogen) atoms. The normalized spacial score (nSPS) is 19.0. The Morgan fingerprint density at radius 3 is 2.45 bits per heavy atom. The van der Waals surface area contributed by atoms with Gasteiger partial charge in [-0.15, -0.1) is 0 Å². The summed E-state index contributed by atoms with van der Waals surface area (Å²) in [5.74, 6) is -0.458. The lowest BCUT2D eigenvalue weighted by Crippen LogP contribution is -2.38. The minimum Gasteiger partial charge on any atom is -0.495 e. The van der Waals surface area contributed by atoms with E-state index in [4.69, 9.17) is 9.47 Å². The van der Waals surface area contributed by atoms with Gasteiger partial charge in [0.05, 0.1) is 12.7 Å². The molecule has 2 fully saturated rings. The molecule has 0 spiro atoms. The summed E-state index contributed by atoms with van der Waals surface area (Å²) >= 11 is 0. The Morgan fingerprint density at radius 2 is 1.81 bits per heavy atom. The van der Waals surface area contributed by atoms with Crippen molar-refractivity contribution in [3.05, 3.63) is 23.8 Å². The summed E-state index contributed by atoms with van der Waals surface area (Å²) in [6.07, 6.45) is 6.46. The van der Waals surface area contributed by atoms with E-state index in [1.807, 2.05) is 0 Å². The number of rotatable bonds is 8. The second-order valence-electron chi connectivity index (χ2n) is 8.27. The van der Waals surface area contributed by atoms with Crippen molar-refractivity contribution < 1.29 is 27.5 Å². The fourth-order valence-corrected chi connectivity index (χ4v) is 5.83. The predicted molar refractivity (Wildman–Crippen MR) is 115 cm³/mol. The van der Waals surface area contributed by atoms with E-state index in [9.17, 15) is 18.0 Å². The van der Waals surface area contributed by atoms with Crippen molar-refractivity contribution in [3.8, 4) is 5.75 Å². The Kier molecular flexibility index (Phi) is 7.94. The molecule has 0 radical (unpaired) electrons. The number of nitrogens with zero attached hydrogens (tertiary/aromatic N) is 1. The summed E-state index contributed by atoms with van der Waals surface area (Å²) in [4.78, 5) is 24.9. The van der Waals surface area contributed by atoms with E-state index in [2.05, 4.69) is 5.32 Å². The van der Waals surface area contributed by atoms with Crippen LogP contribution in [-0.2, 0) is 19.6 Å². The summed E-state index contributed by atoms with van der Waals surface area (Å²) in [5.41, 5.74) is 0.0607. The first kappa shape index (κ1) is 23.5. The zero-order chi connectivity index (χ0) is 22.4. The number of methoxy groups -OCH3 is 1. The monoisotopic (exact) mass is 452 g/mol. The Balaban J connectivity index is 1.66. The number of esters is 1. The van der Waals surface area contributed by atoms with Gasteiger partial charge in [-0.2, -0.15) is 4.31 Å². The van der Waals surface area contributed by atoms with Gasteiger partial charge < -0.3 is 14.8 Å². The maximum absolute atomic E-state index is 13.0. The molecule has 0 aromatic heterocycles. The second kappa shape index (κ2) is 10.5. The lowest BCUT2D eigenvalue weighted by atomic mass is 9.89. The molecule has 2 aliphatic rings. The van der Waals surface area contributed by atoms with Crippen LogP contribution in [0.4, 0.5) is 0 Å². The molecule has 1 atom stereocenters. The molecule has 3 rings (SSSR count). The maximum atomic E-state index is 13.0. The first-order chi connectivity index (χ1) is 14.8. The second-order valence-corrected chi connectivity index (χ2v) is 10.2. The van der Waals surface area contributed by atoms with Crippen molar-refractivity contribution >= 4 is 21.9 Å². The highest BCUT2D eigenvalue weighted by Crippen LogP contribution is 2.30. The number of amides is 1. The van der Waals surface area contributed by atoms with Gasteiger partial charge in [-0.05, 0) is 56.7 Å². The average Bonchev–Trinajstić information content (AvgIpc) is 3.33. The summed E-state index contributed by atoms with van der Waals surface area (Å²) in [5, 5.41) is 2.86. The zero-order valence-corrected chi connectivity index (χ0v) is 19.1. The van der Waals surface area contributed by atoms with E-state index < -0.39 is 22.1 Å². The van der Waals surface area contributed by atoms with Crippen LogP contribution in [0.25, 0.3) is 0 Å². The van der Waals surface area contributed by atoms with Crippen LogP contribution in [0, 0.1) is 5.92 Å². The SMILES string of the molecule is COc1ccc(C(=O)O[C@@H](C)C(=O)NCC2CCCCC2)cc1S(=O)(=O)N1CCCC1. The zero-order valence-electron chi connectivity index (χ0n) is 18.3. The van der Waals surface area contributed by atoms with Crippen LogP contribution in [0.15, 0.2) is 23.1 Å². The van der Waals surface area contributed by atoms with Crippen LogP contribution in [0.1, 0.15) is 62.2 Å². The molecule has 1 aromatic rings. The third kappa shape index (κ3) is 5.77. The molecule has 0 bridgehead atoms. The molecule has 1 N–H and O–H groups in total. The number of carbonyl (C=O) groups is 2. The van der Waals surface area contributed by atoms with Crippen LogP contribution in [0.3, 0.4) is 0 Å². The van der Waals surface area contributed by atoms with Gasteiger partial charge in [-0.25, -0.2) is 13.2 Å². The molecular formula is C22H32N2O6S. The van der Waals surface area contributed by atoms with Crippen LogP contribution in [-0.4, -0.2) is 57.4 Å². The van der Waals surface area contributed by atoms with Crippen molar-refractivity contribution in [2.75, 3.05) is 26.7 Å². The predicted octanol–water partition coefficient (Wildman–Crippen LogP) is 2.72. The number of benzene rings is 1. The maximum Gasteiger partial charge on any atom is 0.338 e. The summed E-state index contributed by atoms with van der Waals surface area (Å²) in [6, 6.07) is 4.14. The number of ether oxygens (including phenoxy) is 2. The molecule has 1 aliphatic carbocycles. The fraction of sp³-hybridized carbons (Fsp3) is 0.636. The van der Waals surface area contributed by atoms with Gasteiger partial charge in [-0.3, -0.25) is 4.79 Å².